The maximum Gasteiger partial charge on any atom is 0.329 e. The van der Waals surface area contributed by atoms with Gasteiger partial charge in [-0.25, -0.2) is 9.69 Å². The third kappa shape index (κ3) is 2.84. The molecule has 3 aliphatic rings. The van der Waals surface area contributed by atoms with E-state index < -0.39 is 11.3 Å². The minimum Gasteiger partial charge on any atom is -0.329 e. The molecule has 5 rings (SSSR count). The maximum atomic E-state index is 13.2. The molecule has 1 saturated heterocycles. The number of rotatable bonds is 3. The quantitative estimate of drug-likeness (QED) is 0.843. The number of hydrogen-bond donors (Lipinski definition) is 1. The Morgan fingerprint density at radius 2 is 2.00 bits per heavy atom. The van der Waals surface area contributed by atoms with Crippen molar-refractivity contribution in [1.29, 1.82) is 0 Å². The minimum atomic E-state index is -0.402. The number of amides is 3. The van der Waals surface area contributed by atoms with E-state index in [4.69, 9.17) is 11.6 Å². The van der Waals surface area contributed by atoms with Crippen molar-refractivity contribution < 1.29 is 9.59 Å². The molecule has 1 aromatic carbocycles. The maximum absolute atomic E-state index is 13.2. The van der Waals surface area contributed by atoms with Crippen LogP contribution in [0.5, 0.6) is 0 Å². The van der Waals surface area contributed by atoms with Crippen LogP contribution in [-0.4, -0.2) is 28.2 Å². The van der Waals surface area contributed by atoms with Crippen LogP contribution in [0, 0.1) is 0 Å². The SMILES string of the molecule is O=C1NC2C=C(c3ccccc3Cl)SC2C(=O)N1c1cnccc1C1CC1. The number of pyridine rings is 1. The Morgan fingerprint density at radius 3 is 2.78 bits per heavy atom. The van der Waals surface area contributed by atoms with Crippen molar-refractivity contribution in [3.8, 4) is 0 Å². The predicted molar refractivity (Wildman–Crippen MR) is 107 cm³/mol. The summed E-state index contributed by atoms with van der Waals surface area (Å²) in [7, 11) is 0. The zero-order valence-electron chi connectivity index (χ0n) is 14.3. The number of carbonyl (C=O) groups excluding carboxylic acids is 2. The van der Waals surface area contributed by atoms with Crippen LogP contribution in [0.2, 0.25) is 5.02 Å². The molecular formula is C20H16ClN3O2S. The van der Waals surface area contributed by atoms with Crippen LogP contribution in [0.25, 0.3) is 4.91 Å². The number of imide groups is 1. The van der Waals surface area contributed by atoms with Gasteiger partial charge < -0.3 is 5.32 Å². The number of thioether (sulfide) groups is 1. The molecule has 5 nitrogen and oxygen atoms in total. The fourth-order valence-electron chi connectivity index (χ4n) is 3.62. The van der Waals surface area contributed by atoms with Crippen molar-refractivity contribution in [2.45, 2.75) is 30.1 Å². The zero-order chi connectivity index (χ0) is 18.5. The Bertz CT molecular complexity index is 989. The van der Waals surface area contributed by atoms with Gasteiger partial charge in [0, 0.05) is 21.7 Å². The second-order valence-electron chi connectivity index (χ2n) is 6.91. The monoisotopic (exact) mass is 397 g/mol. The van der Waals surface area contributed by atoms with Crippen molar-refractivity contribution in [2.24, 2.45) is 0 Å². The van der Waals surface area contributed by atoms with Crippen molar-refractivity contribution in [1.82, 2.24) is 10.3 Å². The summed E-state index contributed by atoms with van der Waals surface area (Å²) in [6, 6.07) is 8.71. The van der Waals surface area contributed by atoms with Crippen molar-refractivity contribution in [2.75, 3.05) is 4.90 Å². The van der Waals surface area contributed by atoms with Crippen LogP contribution in [-0.2, 0) is 4.79 Å². The van der Waals surface area contributed by atoms with Crippen LogP contribution in [0.3, 0.4) is 0 Å². The molecule has 2 unspecified atom stereocenters. The molecule has 27 heavy (non-hydrogen) atoms. The summed E-state index contributed by atoms with van der Waals surface area (Å²) in [6.45, 7) is 0. The smallest absolute Gasteiger partial charge is 0.329 e. The van der Waals surface area contributed by atoms with Gasteiger partial charge in [0.25, 0.3) is 5.91 Å². The highest BCUT2D eigenvalue weighted by molar-refractivity contribution is 8.09. The average molecular weight is 398 g/mol. The number of anilines is 1. The first kappa shape index (κ1) is 16.8. The van der Waals surface area contributed by atoms with Crippen LogP contribution < -0.4 is 10.2 Å². The summed E-state index contributed by atoms with van der Waals surface area (Å²) >= 11 is 7.76. The summed E-state index contributed by atoms with van der Waals surface area (Å²) < 4.78 is 0. The Balaban J connectivity index is 1.47. The summed E-state index contributed by atoms with van der Waals surface area (Å²) in [5, 5.41) is 3.19. The highest BCUT2D eigenvalue weighted by Gasteiger charge is 2.46. The number of fused-ring (bicyclic) bond motifs is 1. The van der Waals surface area contributed by atoms with E-state index in [-0.39, 0.29) is 11.9 Å². The lowest BCUT2D eigenvalue weighted by molar-refractivity contribution is -0.118. The third-order valence-electron chi connectivity index (χ3n) is 5.10. The van der Waals surface area contributed by atoms with Gasteiger partial charge in [-0.2, -0.15) is 0 Å². The molecule has 7 heteroatoms. The van der Waals surface area contributed by atoms with Gasteiger partial charge in [0.05, 0.1) is 17.9 Å². The Morgan fingerprint density at radius 1 is 1.19 bits per heavy atom. The van der Waals surface area contributed by atoms with Gasteiger partial charge in [-0.1, -0.05) is 29.8 Å². The fourth-order valence-corrected chi connectivity index (χ4v) is 5.22. The van der Waals surface area contributed by atoms with Crippen LogP contribution in [0.4, 0.5) is 10.5 Å². The molecule has 0 radical (unpaired) electrons. The molecule has 136 valence electrons. The molecule has 1 aromatic heterocycles. The van der Waals surface area contributed by atoms with E-state index in [1.807, 2.05) is 36.4 Å². The molecule has 3 amide bonds. The lowest BCUT2D eigenvalue weighted by atomic mass is 10.1. The Hall–Kier alpha value is -2.31. The molecule has 2 atom stereocenters. The standard InChI is InChI=1S/C20H16ClN3O2S/c21-14-4-2-1-3-13(14)17-9-15-18(27-17)19(25)24(20(26)23-15)16-10-22-8-7-12(16)11-5-6-11/h1-4,7-11,15,18H,5-6H2,(H,23,26). The second-order valence-corrected chi connectivity index (χ2v) is 8.50. The fraction of sp³-hybridized carbons (Fsp3) is 0.250. The molecule has 1 saturated carbocycles. The van der Waals surface area contributed by atoms with Crippen molar-refractivity contribution in [3.05, 3.63) is 65.0 Å². The lowest BCUT2D eigenvalue weighted by Gasteiger charge is -2.33. The van der Waals surface area contributed by atoms with E-state index in [1.165, 1.54) is 16.7 Å². The van der Waals surface area contributed by atoms with E-state index in [0.29, 0.717) is 16.6 Å². The highest BCUT2D eigenvalue weighted by atomic mass is 35.5. The van der Waals surface area contributed by atoms with Gasteiger partial charge in [0.15, 0.2) is 0 Å². The van der Waals surface area contributed by atoms with Crippen LogP contribution >= 0.6 is 23.4 Å². The summed E-state index contributed by atoms with van der Waals surface area (Å²) in [6.07, 6.45) is 7.43. The molecule has 3 heterocycles. The van der Waals surface area contributed by atoms with E-state index in [0.717, 1.165) is 28.9 Å². The van der Waals surface area contributed by atoms with Crippen molar-refractivity contribution in [3.63, 3.8) is 0 Å². The van der Waals surface area contributed by atoms with E-state index >= 15 is 0 Å². The summed E-state index contributed by atoms with van der Waals surface area (Å²) in [5.74, 6) is 0.205. The molecule has 2 aliphatic heterocycles. The number of hydrogen-bond acceptors (Lipinski definition) is 4. The largest absolute Gasteiger partial charge is 0.329 e. The third-order valence-corrected chi connectivity index (χ3v) is 6.79. The van der Waals surface area contributed by atoms with E-state index in [1.54, 1.807) is 12.4 Å². The van der Waals surface area contributed by atoms with E-state index in [9.17, 15) is 9.59 Å². The topological polar surface area (TPSA) is 62.3 Å². The lowest BCUT2D eigenvalue weighted by Crippen LogP contribution is -2.60. The van der Waals surface area contributed by atoms with Gasteiger partial charge in [-0.15, -0.1) is 11.8 Å². The number of benzene rings is 1. The molecule has 2 fully saturated rings. The average Bonchev–Trinajstić information content (AvgIpc) is 3.42. The molecule has 1 aliphatic carbocycles. The van der Waals surface area contributed by atoms with Gasteiger partial charge in [0.1, 0.15) is 5.25 Å². The van der Waals surface area contributed by atoms with Crippen LogP contribution in [0.1, 0.15) is 29.9 Å². The molecular weight excluding hydrogens is 382 g/mol. The molecule has 0 spiro atoms. The van der Waals surface area contributed by atoms with Gasteiger partial charge in [-0.3, -0.25) is 9.78 Å². The van der Waals surface area contributed by atoms with Crippen LogP contribution in [0.15, 0.2) is 48.8 Å². The normalized spacial score (nSPS) is 24.5. The number of urea groups is 1. The summed E-state index contributed by atoms with van der Waals surface area (Å²) in [4.78, 5) is 32.3. The first-order chi connectivity index (χ1) is 13.1. The highest BCUT2D eigenvalue weighted by Crippen LogP contribution is 2.47. The zero-order valence-corrected chi connectivity index (χ0v) is 15.8. The number of nitrogens with zero attached hydrogens (tertiary/aromatic N) is 2. The molecule has 2 aromatic rings. The second kappa shape index (κ2) is 6.39. The Labute approximate surface area is 165 Å². The van der Waals surface area contributed by atoms with Gasteiger partial charge in [-0.05, 0) is 42.5 Å². The van der Waals surface area contributed by atoms with Gasteiger partial charge in [0.2, 0.25) is 0 Å². The number of aromatic nitrogens is 1. The van der Waals surface area contributed by atoms with E-state index in [2.05, 4.69) is 10.3 Å². The summed E-state index contributed by atoms with van der Waals surface area (Å²) in [5.41, 5.74) is 2.51. The van der Waals surface area contributed by atoms with Gasteiger partial charge >= 0.3 is 6.03 Å². The molecule has 1 N–H and O–H groups in total. The first-order valence-corrected chi connectivity index (χ1v) is 10.1. The number of halogens is 1. The minimum absolute atomic E-state index is 0.207. The number of nitrogens with one attached hydrogen (secondary N) is 1. The number of carbonyl (C=O) groups is 2. The predicted octanol–water partition coefficient (Wildman–Crippen LogP) is 4.19. The first-order valence-electron chi connectivity index (χ1n) is 8.85. The van der Waals surface area contributed by atoms with Crippen molar-refractivity contribution >= 4 is 45.9 Å². The molecule has 0 bridgehead atoms. The Kier molecular flexibility index (Phi) is 3.98.